The van der Waals surface area contributed by atoms with Gasteiger partial charge >= 0.3 is 6.09 Å². The summed E-state index contributed by atoms with van der Waals surface area (Å²) in [5.41, 5.74) is -0.544. The number of morpholine rings is 1. The molecule has 1 unspecified atom stereocenters. The van der Waals surface area contributed by atoms with Gasteiger partial charge in [-0.05, 0) is 33.6 Å². The van der Waals surface area contributed by atoms with E-state index in [1.54, 1.807) is 4.90 Å². The third-order valence-electron chi connectivity index (χ3n) is 5.83. The minimum absolute atomic E-state index is 0.0866. The molecule has 0 aromatic rings. The molecular formula is C21H36N4O5. The molecule has 9 heteroatoms. The van der Waals surface area contributed by atoms with Crippen molar-refractivity contribution >= 4 is 17.9 Å². The summed E-state index contributed by atoms with van der Waals surface area (Å²) in [7, 11) is 0. The van der Waals surface area contributed by atoms with Gasteiger partial charge < -0.3 is 24.2 Å². The van der Waals surface area contributed by atoms with Crippen molar-refractivity contribution in [2.75, 3.05) is 72.1 Å². The number of piperidine rings is 1. The van der Waals surface area contributed by atoms with E-state index in [0.29, 0.717) is 59.0 Å². The molecule has 3 saturated heterocycles. The van der Waals surface area contributed by atoms with Crippen LogP contribution in [0, 0.1) is 5.92 Å². The maximum atomic E-state index is 13.0. The van der Waals surface area contributed by atoms with Crippen LogP contribution in [0.3, 0.4) is 0 Å². The minimum atomic E-state index is -0.544. The molecule has 0 aromatic carbocycles. The van der Waals surface area contributed by atoms with Crippen LogP contribution in [0.1, 0.15) is 33.6 Å². The number of amides is 3. The summed E-state index contributed by atoms with van der Waals surface area (Å²) in [5.74, 6) is 0.0168. The molecule has 0 aliphatic carbocycles. The number of likely N-dealkylation sites (tertiary alicyclic amines) is 1. The molecule has 30 heavy (non-hydrogen) atoms. The van der Waals surface area contributed by atoms with Crippen molar-refractivity contribution in [3.8, 4) is 0 Å². The molecule has 3 heterocycles. The van der Waals surface area contributed by atoms with Gasteiger partial charge in [0, 0.05) is 52.4 Å². The average molecular weight is 425 g/mol. The lowest BCUT2D eigenvalue weighted by Crippen LogP contribution is -2.55. The predicted molar refractivity (Wildman–Crippen MR) is 111 cm³/mol. The van der Waals surface area contributed by atoms with E-state index in [-0.39, 0.29) is 23.8 Å². The highest BCUT2D eigenvalue weighted by molar-refractivity contribution is 5.81. The van der Waals surface area contributed by atoms with Crippen molar-refractivity contribution < 1.29 is 23.9 Å². The molecule has 3 rings (SSSR count). The Morgan fingerprint density at radius 2 is 1.53 bits per heavy atom. The fourth-order valence-corrected chi connectivity index (χ4v) is 4.16. The van der Waals surface area contributed by atoms with Gasteiger partial charge in [-0.3, -0.25) is 14.5 Å². The smallest absolute Gasteiger partial charge is 0.410 e. The Hall–Kier alpha value is -1.87. The third kappa shape index (κ3) is 6.31. The molecule has 1 atom stereocenters. The molecule has 0 N–H and O–H groups in total. The van der Waals surface area contributed by atoms with Crippen molar-refractivity contribution in [3.63, 3.8) is 0 Å². The fraction of sp³-hybridized carbons (Fsp3) is 0.857. The van der Waals surface area contributed by atoms with E-state index >= 15 is 0 Å². The molecule has 3 amide bonds. The molecule has 0 radical (unpaired) electrons. The monoisotopic (exact) mass is 424 g/mol. The van der Waals surface area contributed by atoms with Crippen LogP contribution in [0.4, 0.5) is 4.79 Å². The summed E-state index contributed by atoms with van der Waals surface area (Å²) in [6, 6.07) is 0. The summed E-state index contributed by atoms with van der Waals surface area (Å²) in [5, 5.41) is 0. The molecule has 3 fully saturated rings. The van der Waals surface area contributed by atoms with Crippen LogP contribution >= 0.6 is 0 Å². The zero-order valence-electron chi connectivity index (χ0n) is 18.6. The van der Waals surface area contributed by atoms with Gasteiger partial charge in [0.15, 0.2) is 0 Å². The van der Waals surface area contributed by atoms with Gasteiger partial charge in [0.05, 0.1) is 25.7 Å². The van der Waals surface area contributed by atoms with E-state index in [1.165, 1.54) is 0 Å². The predicted octanol–water partition coefficient (Wildman–Crippen LogP) is 0.637. The Balaban J connectivity index is 1.45. The van der Waals surface area contributed by atoms with Gasteiger partial charge in [0.1, 0.15) is 5.60 Å². The van der Waals surface area contributed by atoms with E-state index in [1.807, 2.05) is 30.6 Å². The van der Waals surface area contributed by atoms with Crippen LogP contribution in [0.5, 0.6) is 0 Å². The van der Waals surface area contributed by atoms with Crippen molar-refractivity contribution in [1.29, 1.82) is 0 Å². The topological polar surface area (TPSA) is 82.6 Å². The molecule has 0 aromatic heterocycles. The summed E-state index contributed by atoms with van der Waals surface area (Å²) in [4.78, 5) is 45.4. The van der Waals surface area contributed by atoms with Crippen LogP contribution in [0.15, 0.2) is 0 Å². The van der Waals surface area contributed by atoms with Gasteiger partial charge in [-0.2, -0.15) is 0 Å². The van der Waals surface area contributed by atoms with Gasteiger partial charge in [0.2, 0.25) is 11.8 Å². The van der Waals surface area contributed by atoms with Crippen molar-refractivity contribution in [2.24, 2.45) is 5.92 Å². The third-order valence-corrected chi connectivity index (χ3v) is 5.83. The minimum Gasteiger partial charge on any atom is -0.444 e. The molecule has 3 aliphatic heterocycles. The Bertz CT molecular complexity index is 621. The Morgan fingerprint density at radius 3 is 2.17 bits per heavy atom. The Kier molecular flexibility index (Phi) is 7.57. The molecular weight excluding hydrogens is 388 g/mol. The van der Waals surface area contributed by atoms with Gasteiger partial charge in [-0.1, -0.05) is 0 Å². The molecule has 0 spiro atoms. The summed E-state index contributed by atoms with van der Waals surface area (Å²) in [6.45, 7) is 12.2. The normalized spacial score (nSPS) is 24.0. The van der Waals surface area contributed by atoms with Crippen molar-refractivity contribution in [3.05, 3.63) is 0 Å². The molecule has 0 bridgehead atoms. The summed E-state index contributed by atoms with van der Waals surface area (Å²) >= 11 is 0. The lowest BCUT2D eigenvalue weighted by Gasteiger charge is -2.39. The zero-order chi connectivity index (χ0) is 21.7. The Labute approximate surface area is 179 Å². The van der Waals surface area contributed by atoms with E-state index in [4.69, 9.17) is 9.47 Å². The molecule has 9 nitrogen and oxygen atoms in total. The highest BCUT2D eigenvalue weighted by Gasteiger charge is 2.34. The van der Waals surface area contributed by atoms with E-state index < -0.39 is 5.60 Å². The van der Waals surface area contributed by atoms with Crippen LogP contribution in [0.2, 0.25) is 0 Å². The summed E-state index contributed by atoms with van der Waals surface area (Å²) in [6.07, 6.45) is 1.24. The van der Waals surface area contributed by atoms with E-state index in [0.717, 1.165) is 25.9 Å². The highest BCUT2D eigenvalue weighted by Crippen LogP contribution is 2.22. The van der Waals surface area contributed by atoms with Gasteiger partial charge in [0.25, 0.3) is 0 Å². The van der Waals surface area contributed by atoms with Crippen molar-refractivity contribution in [1.82, 2.24) is 19.6 Å². The van der Waals surface area contributed by atoms with E-state index in [2.05, 4.69) is 4.90 Å². The second-order valence-electron chi connectivity index (χ2n) is 9.36. The van der Waals surface area contributed by atoms with Crippen LogP contribution in [-0.2, 0) is 19.1 Å². The number of rotatable bonds is 3. The summed E-state index contributed by atoms with van der Waals surface area (Å²) < 4.78 is 10.8. The van der Waals surface area contributed by atoms with Gasteiger partial charge in [-0.15, -0.1) is 0 Å². The van der Waals surface area contributed by atoms with Gasteiger partial charge in [-0.25, -0.2) is 4.79 Å². The first-order valence-electron chi connectivity index (χ1n) is 11.1. The van der Waals surface area contributed by atoms with Crippen LogP contribution in [-0.4, -0.2) is 115 Å². The van der Waals surface area contributed by atoms with Crippen LogP contribution in [0.25, 0.3) is 0 Å². The number of hydrogen-bond donors (Lipinski definition) is 0. The number of hydrogen-bond acceptors (Lipinski definition) is 6. The zero-order valence-corrected chi connectivity index (χ0v) is 18.6. The first kappa shape index (κ1) is 22.8. The average Bonchev–Trinajstić information content (AvgIpc) is 2.73. The molecule has 170 valence electrons. The maximum Gasteiger partial charge on any atom is 0.410 e. The van der Waals surface area contributed by atoms with E-state index in [9.17, 15) is 14.4 Å². The Morgan fingerprint density at radius 1 is 0.900 bits per heavy atom. The second-order valence-corrected chi connectivity index (χ2v) is 9.36. The highest BCUT2D eigenvalue weighted by atomic mass is 16.6. The number of nitrogens with zero attached hydrogens (tertiary/aromatic N) is 4. The lowest BCUT2D eigenvalue weighted by atomic mass is 9.96. The number of carbonyl (C=O) groups excluding carboxylic acids is 3. The first-order chi connectivity index (χ1) is 14.2. The lowest BCUT2D eigenvalue weighted by molar-refractivity contribution is -0.144. The standard InChI is InChI=1S/C21H36N4O5/c1-21(2,3)30-20(28)25-6-4-5-17(15-25)19(27)24-9-7-23(8-10-24)18(26)16-22-11-13-29-14-12-22/h17H,4-16H2,1-3H3. The first-order valence-corrected chi connectivity index (χ1v) is 11.1. The second kappa shape index (κ2) is 9.96. The molecule has 0 saturated carbocycles. The SMILES string of the molecule is CC(C)(C)OC(=O)N1CCCC(C(=O)N2CCN(C(=O)CN3CCOCC3)CC2)C1. The largest absolute Gasteiger partial charge is 0.444 e. The van der Waals surface area contributed by atoms with Crippen LogP contribution < -0.4 is 0 Å². The number of carbonyl (C=O) groups is 3. The molecule has 3 aliphatic rings. The number of ether oxygens (including phenoxy) is 2. The number of piperazine rings is 1. The quantitative estimate of drug-likeness (QED) is 0.661. The maximum absolute atomic E-state index is 13.0. The van der Waals surface area contributed by atoms with Crippen molar-refractivity contribution in [2.45, 2.75) is 39.2 Å². The fourth-order valence-electron chi connectivity index (χ4n) is 4.16.